The van der Waals surface area contributed by atoms with Crippen molar-refractivity contribution in [1.29, 1.82) is 0 Å². The van der Waals surface area contributed by atoms with Crippen LogP contribution in [0, 0.1) is 0 Å². The van der Waals surface area contributed by atoms with Crippen LogP contribution >= 0.6 is 0 Å². The second-order valence-corrected chi connectivity index (χ2v) is 3.23. The van der Waals surface area contributed by atoms with Crippen LogP contribution < -0.4 is 0 Å². The first-order chi connectivity index (χ1) is 6.15. The average Bonchev–Trinajstić information content (AvgIpc) is 2.17. The summed E-state index contributed by atoms with van der Waals surface area (Å²) in [6.45, 7) is 5.85. The average molecular weight is 178 g/mol. The molecule has 0 aliphatic carbocycles. The number of Topliss-reactive ketones (excluding diaryl/α,β-unsaturated/α-hetero) is 1. The zero-order chi connectivity index (χ0) is 9.84. The van der Waals surface area contributed by atoms with Gasteiger partial charge in [0, 0.05) is 18.5 Å². The van der Waals surface area contributed by atoms with Gasteiger partial charge >= 0.3 is 0 Å². The molecule has 0 bridgehead atoms. The number of carbonyl (C=O) groups excluding carboxylic acids is 1. The maximum absolute atomic E-state index is 11.3. The molecule has 70 valence electrons. The van der Waals surface area contributed by atoms with Gasteiger partial charge in [0.25, 0.3) is 0 Å². The Hall–Kier alpha value is -1.25. The lowest BCUT2D eigenvalue weighted by molar-refractivity contribution is 0.0983. The molecule has 0 saturated carbocycles. The van der Waals surface area contributed by atoms with Crippen LogP contribution in [0.1, 0.15) is 49.4 Å². The summed E-state index contributed by atoms with van der Waals surface area (Å²) >= 11 is 0. The molecular weight excluding hydrogens is 164 g/mol. The van der Waals surface area contributed by atoms with Gasteiger partial charge in [-0.05, 0) is 6.07 Å². The summed E-state index contributed by atoms with van der Waals surface area (Å²) in [5.41, 5.74) is 0.529. The van der Waals surface area contributed by atoms with E-state index in [1.807, 2.05) is 20.8 Å². The topological polar surface area (TPSA) is 42.9 Å². The zero-order valence-corrected chi connectivity index (χ0v) is 8.24. The maximum Gasteiger partial charge on any atom is 0.181 e. The number of ketones is 1. The van der Waals surface area contributed by atoms with Crippen molar-refractivity contribution >= 4 is 5.78 Å². The summed E-state index contributed by atoms with van der Waals surface area (Å²) in [4.78, 5) is 19.6. The predicted octanol–water partition coefficient (Wildman–Crippen LogP) is 2.19. The molecule has 3 nitrogen and oxygen atoms in total. The summed E-state index contributed by atoms with van der Waals surface area (Å²) in [6.07, 6.45) is 2.14. The number of carbonyl (C=O) groups is 1. The first-order valence-corrected chi connectivity index (χ1v) is 4.51. The van der Waals surface area contributed by atoms with Crippen LogP contribution in [-0.4, -0.2) is 15.8 Å². The van der Waals surface area contributed by atoms with E-state index in [9.17, 15) is 4.79 Å². The molecule has 0 N–H and O–H groups in total. The standard InChI is InChI=1S/C10H14N2O/c1-4-9(13)8-5-6-11-10(12-8)7(2)3/h5-7H,4H2,1-3H3. The fourth-order valence-corrected chi connectivity index (χ4v) is 0.988. The summed E-state index contributed by atoms with van der Waals surface area (Å²) in [5.74, 6) is 1.08. The predicted molar refractivity (Wildman–Crippen MR) is 50.7 cm³/mol. The van der Waals surface area contributed by atoms with E-state index >= 15 is 0 Å². The first-order valence-electron chi connectivity index (χ1n) is 4.51. The molecule has 3 heteroatoms. The van der Waals surface area contributed by atoms with Crippen LogP contribution in [0.25, 0.3) is 0 Å². The van der Waals surface area contributed by atoms with Gasteiger partial charge < -0.3 is 0 Å². The van der Waals surface area contributed by atoms with Crippen molar-refractivity contribution in [2.75, 3.05) is 0 Å². The third kappa shape index (κ3) is 2.34. The summed E-state index contributed by atoms with van der Waals surface area (Å²) in [7, 11) is 0. The normalized spacial score (nSPS) is 10.5. The van der Waals surface area contributed by atoms with Crippen molar-refractivity contribution in [3.05, 3.63) is 23.8 Å². The second kappa shape index (κ2) is 4.12. The van der Waals surface area contributed by atoms with Crippen LogP contribution in [0.5, 0.6) is 0 Å². The third-order valence-electron chi connectivity index (χ3n) is 1.80. The molecule has 0 fully saturated rings. The highest BCUT2D eigenvalue weighted by Gasteiger charge is 2.07. The van der Waals surface area contributed by atoms with E-state index in [1.54, 1.807) is 12.3 Å². The third-order valence-corrected chi connectivity index (χ3v) is 1.80. The Kier molecular flexibility index (Phi) is 3.12. The minimum absolute atomic E-state index is 0.0734. The molecule has 1 rings (SSSR count). The molecule has 0 radical (unpaired) electrons. The lowest BCUT2D eigenvalue weighted by Crippen LogP contribution is -2.05. The molecule has 1 aromatic heterocycles. The first kappa shape index (κ1) is 9.84. The highest BCUT2D eigenvalue weighted by molar-refractivity contribution is 5.93. The Bertz CT molecular complexity index is 308. The number of hydrogen-bond acceptors (Lipinski definition) is 3. The van der Waals surface area contributed by atoms with E-state index < -0.39 is 0 Å². The molecular formula is C10H14N2O. The van der Waals surface area contributed by atoms with Gasteiger partial charge in [0.15, 0.2) is 5.78 Å². The highest BCUT2D eigenvalue weighted by atomic mass is 16.1. The van der Waals surface area contributed by atoms with Crippen molar-refractivity contribution in [2.45, 2.75) is 33.1 Å². The van der Waals surface area contributed by atoms with E-state index in [0.29, 0.717) is 12.1 Å². The van der Waals surface area contributed by atoms with Crippen molar-refractivity contribution < 1.29 is 4.79 Å². The Morgan fingerprint density at radius 1 is 1.54 bits per heavy atom. The van der Waals surface area contributed by atoms with Gasteiger partial charge in [-0.1, -0.05) is 20.8 Å². The molecule has 0 amide bonds. The van der Waals surface area contributed by atoms with Gasteiger partial charge in [0.05, 0.1) is 0 Å². The second-order valence-electron chi connectivity index (χ2n) is 3.23. The summed E-state index contributed by atoms with van der Waals surface area (Å²) in [6, 6.07) is 1.66. The van der Waals surface area contributed by atoms with Gasteiger partial charge in [-0.15, -0.1) is 0 Å². The van der Waals surface area contributed by atoms with E-state index in [2.05, 4.69) is 9.97 Å². The van der Waals surface area contributed by atoms with Crippen LogP contribution in [0.15, 0.2) is 12.3 Å². The molecule has 0 unspecified atom stereocenters. The summed E-state index contributed by atoms with van der Waals surface area (Å²) < 4.78 is 0. The van der Waals surface area contributed by atoms with Crippen molar-refractivity contribution in [3.8, 4) is 0 Å². The fourth-order valence-electron chi connectivity index (χ4n) is 0.988. The van der Waals surface area contributed by atoms with E-state index in [-0.39, 0.29) is 11.7 Å². The Morgan fingerprint density at radius 2 is 2.23 bits per heavy atom. The van der Waals surface area contributed by atoms with E-state index in [1.165, 1.54) is 0 Å². The SMILES string of the molecule is CCC(=O)c1ccnc(C(C)C)n1. The highest BCUT2D eigenvalue weighted by Crippen LogP contribution is 2.09. The fraction of sp³-hybridized carbons (Fsp3) is 0.500. The Labute approximate surface area is 78.2 Å². The Morgan fingerprint density at radius 3 is 2.77 bits per heavy atom. The lowest BCUT2D eigenvalue weighted by atomic mass is 10.2. The largest absolute Gasteiger partial charge is 0.292 e. The van der Waals surface area contributed by atoms with Crippen LogP contribution in [-0.2, 0) is 0 Å². The van der Waals surface area contributed by atoms with Crippen molar-refractivity contribution in [2.24, 2.45) is 0 Å². The molecule has 13 heavy (non-hydrogen) atoms. The van der Waals surface area contributed by atoms with Gasteiger partial charge in [-0.25, -0.2) is 9.97 Å². The molecule has 1 aromatic rings. The quantitative estimate of drug-likeness (QED) is 0.666. The monoisotopic (exact) mass is 178 g/mol. The van der Waals surface area contributed by atoms with Crippen LogP contribution in [0.2, 0.25) is 0 Å². The minimum Gasteiger partial charge on any atom is -0.292 e. The maximum atomic E-state index is 11.3. The van der Waals surface area contributed by atoms with Crippen molar-refractivity contribution in [3.63, 3.8) is 0 Å². The molecule has 1 heterocycles. The number of rotatable bonds is 3. The van der Waals surface area contributed by atoms with Crippen molar-refractivity contribution in [1.82, 2.24) is 9.97 Å². The lowest BCUT2D eigenvalue weighted by Gasteiger charge is -2.03. The van der Waals surface area contributed by atoms with E-state index in [4.69, 9.17) is 0 Å². The number of aromatic nitrogens is 2. The summed E-state index contributed by atoms with van der Waals surface area (Å²) in [5, 5.41) is 0. The zero-order valence-electron chi connectivity index (χ0n) is 8.24. The molecule has 0 saturated heterocycles. The molecule has 0 aliphatic rings. The van der Waals surface area contributed by atoms with Gasteiger partial charge in [-0.3, -0.25) is 4.79 Å². The van der Waals surface area contributed by atoms with Gasteiger partial charge in [-0.2, -0.15) is 0 Å². The molecule has 0 spiro atoms. The van der Waals surface area contributed by atoms with Crippen LogP contribution in [0.3, 0.4) is 0 Å². The minimum atomic E-state index is 0.0734. The molecule has 0 aliphatic heterocycles. The number of nitrogens with zero attached hydrogens (tertiary/aromatic N) is 2. The van der Waals surface area contributed by atoms with Gasteiger partial charge in [0.2, 0.25) is 0 Å². The molecule has 0 atom stereocenters. The molecule has 0 aromatic carbocycles. The smallest absolute Gasteiger partial charge is 0.181 e. The Balaban J connectivity index is 2.98. The number of hydrogen-bond donors (Lipinski definition) is 0. The van der Waals surface area contributed by atoms with E-state index in [0.717, 1.165) is 5.82 Å². The van der Waals surface area contributed by atoms with Gasteiger partial charge in [0.1, 0.15) is 11.5 Å². The van der Waals surface area contributed by atoms with Crippen LogP contribution in [0.4, 0.5) is 0 Å².